The fourth-order valence-electron chi connectivity index (χ4n) is 2.45. The Kier molecular flexibility index (Phi) is 3.89. The molecule has 2 rings (SSSR count). The highest BCUT2D eigenvalue weighted by Crippen LogP contribution is 2.32. The van der Waals surface area contributed by atoms with Gasteiger partial charge in [0.2, 0.25) is 5.79 Å². The number of benzene rings is 1. The molecule has 5 heteroatoms. The molecule has 1 aromatic heterocycles. The van der Waals surface area contributed by atoms with Crippen LogP contribution in [0, 0.1) is 5.82 Å². The Bertz CT molecular complexity index is 566. The lowest BCUT2D eigenvalue weighted by molar-refractivity contribution is -0.192. The van der Waals surface area contributed by atoms with Gasteiger partial charge in [0, 0.05) is 22.7 Å². The summed E-state index contributed by atoms with van der Waals surface area (Å²) in [6.07, 6.45) is 2.82. The van der Waals surface area contributed by atoms with E-state index in [1.807, 2.05) is 6.92 Å². The van der Waals surface area contributed by atoms with Gasteiger partial charge < -0.3 is 20.5 Å². The largest absolute Gasteiger partial charge is 0.361 e. The second-order valence-electron chi connectivity index (χ2n) is 4.72. The van der Waals surface area contributed by atoms with Crippen molar-refractivity contribution in [1.82, 2.24) is 10.3 Å². The van der Waals surface area contributed by atoms with Crippen LogP contribution in [0.25, 0.3) is 10.9 Å². The summed E-state index contributed by atoms with van der Waals surface area (Å²) < 4.78 is 13.9. The standard InChI is InChI=1S/C14H19FN2O2/c1-3-5-12(16-2)14(18,19)9-8-17-11-7-4-6-10(15)13(9)11/h4,6-8,12,16-19H,3,5H2,1-2H3. The van der Waals surface area contributed by atoms with Crippen LogP contribution in [-0.4, -0.2) is 28.3 Å². The van der Waals surface area contributed by atoms with Gasteiger partial charge in [-0.25, -0.2) is 4.39 Å². The summed E-state index contributed by atoms with van der Waals surface area (Å²) in [6, 6.07) is 4.03. The number of nitrogens with one attached hydrogen (secondary N) is 2. The number of hydrogen-bond acceptors (Lipinski definition) is 3. The Labute approximate surface area is 111 Å². The SMILES string of the molecule is CCCC(NC)C(O)(O)c1c[nH]c2cccc(F)c12. The maximum absolute atomic E-state index is 13.9. The van der Waals surface area contributed by atoms with Gasteiger partial charge in [-0.3, -0.25) is 0 Å². The third kappa shape index (κ3) is 2.36. The van der Waals surface area contributed by atoms with E-state index in [1.54, 1.807) is 19.2 Å². The topological polar surface area (TPSA) is 68.3 Å². The zero-order valence-electron chi connectivity index (χ0n) is 11.1. The molecule has 0 fully saturated rings. The molecule has 0 aliphatic rings. The summed E-state index contributed by atoms with van der Waals surface area (Å²) in [5.74, 6) is -2.59. The maximum Gasteiger partial charge on any atom is 0.207 e. The predicted octanol–water partition coefficient (Wildman–Crippen LogP) is 1.83. The highest BCUT2D eigenvalue weighted by Gasteiger charge is 2.37. The molecule has 4 nitrogen and oxygen atoms in total. The first-order chi connectivity index (χ1) is 9.02. The number of aromatic nitrogens is 1. The van der Waals surface area contributed by atoms with Crippen molar-refractivity contribution in [2.75, 3.05) is 7.05 Å². The number of fused-ring (bicyclic) bond motifs is 1. The monoisotopic (exact) mass is 266 g/mol. The number of hydrogen-bond donors (Lipinski definition) is 4. The lowest BCUT2D eigenvalue weighted by atomic mass is 9.94. The zero-order chi connectivity index (χ0) is 14.0. The summed E-state index contributed by atoms with van der Waals surface area (Å²) in [7, 11) is 1.66. The van der Waals surface area contributed by atoms with Crippen molar-refractivity contribution in [3.05, 3.63) is 35.8 Å². The van der Waals surface area contributed by atoms with Crippen LogP contribution in [-0.2, 0) is 5.79 Å². The summed E-state index contributed by atoms with van der Waals surface area (Å²) >= 11 is 0. The highest BCUT2D eigenvalue weighted by molar-refractivity contribution is 5.84. The molecule has 1 heterocycles. The van der Waals surface area contributed by atoms with Crippen molar-refractivity contribution in [1.29, 1.82) is 0 Å². The highest BCUT2D eigenvalue weighted by atomic mass is 19.1. The molecule has 104 valence electrons. The molecular formula is C14H19FN2O2. The van der Waals surface area contributed by atoms with Gasteiger partial charge in [-0.1, -0.05) is 19.4 Å². The minimum absolute atomic E-state index is 0.161. The van der Waals surface area contributed by atoms with Gasteiger partial charge in [0.15, 0.2) is 0 Å². The first-order valence-electron chi connectivity index (χ1n) is 6.40. The van der Waals surface area contributed by atoms with Crippen LogP contribution < -0.4 is 5.32 Å². The molecule has 0 amide bonds. The number of aliphatic hydroxyl groups is 2. The number of halogens is 1. The second kappa shape index (κ2) is 5.28. The van der Waals surface area contributed by atoms with E-state index in [1.165, 1.54) is 12.3 Å². The molecular weight excluding hydrogens is 247 g/mol. The Balaban J connectivity index is 2.53. The minimum Gasteiger partial charge on any atom is -0.361 e. The molecule has 0 saturated carbocycles. The van der Waals surface area contributed by atoms with Crippen molar-refractivity contribution in [2.45, 2.75) is 31.6 Å². The first kappa shape index (κ1) is 14.0. The van der Waals surface area contributed by atoms with E-state index in [-0.39, 0.29) is 10.9 Å². The average molecular weight is 266 g/mol. The molecule has 1 aromatic carbocycles. The van der Waals surface area contributed by atoms with Crippen LogP contribution in [0.3, 0.4) is 0 Å². The lowest BCUT2D eigenvalue weighted by Gasteiger charge is -2.30. The summed E-state index contributed by atoms with van der Waals surface area (Å²) in [5, 5.41) is 23.9. The zero-order valence-corrected chi connectivity index (χ0v) is 11.1. The normalized spacial score (nSPS) is 13.9. The lowest BCUT2D eigenvalue weighted by Crippen LogP contribution is -2.47. The second-order valence-corrected chi connectivity index (χ2v) is 4.72. The predicted molar refractivity (Wildman–Crippen MR) is 72.1 cm³/mol. The van der Waals surface area contributed by atoms with Crippen molar-refractivity contribution in [2.24, 2.45) is 0 Å². The van der Waals surface area contributed by atoms with E-state index in [0.29, 0.717) is 11.9 Å². The number of H-pyrrole nitrogens is 1. The number of likely N-dealkylation sites (N-methyl/N-ethyl adjacent to an activating group) is 1. The first-order valence-corrected chi connectivity index (χ1v) is 6.40. The van der Waals surface area contributed by atoms with Gasteiger partial charge in [0.1, 0.15) is 5.82 Å². The van der Waals surface area contributed by atoms with Crippen molar-refractivity contribution in [3.63, 3.8) is 0 Å². The molecule has 2 aromatic rings. The molecule has 4 N–H and O–H groups in total. The Morgan fingerprint density at radius 2 is 2.16 bits per heavy atom. The van der Waals surface area contributed by atoms with E-state index in [0.717, 1.165) is 6.42 Å². The molecule has 0 aliphatic heterocycles. The molecule has 19 heavy (non-hydrogen) atoms. The Hall–Kier alpha value is -1.43. The van der Waals surface area contributed by atoms with E-state index < -0.39 is 17.6 Å². The smallest absolute Gasteiger partial charge is 0.207 e. The summed E-state index contributed by atoms with van der Waals surface area (Å²) in [6.45, 7) is 1.95. The Morgan fingerprint density at radius 1 is 1.42 bits per heavy atom. The van der Waals surface area contributed by atoms with Crippen LogP contribution in [0.5, 0.6) is 0 Å². The number of aromatic amines is 1. The van der Waals surface area contributed by atoms with Crippen LogP contribution in [0.1, 0.15) is 25.3 Å². The van der Waals surface area contributed by atoms with Crippen molar-refractivity contribution < 1.29 is 14.6 Å². The van der Waals surface area contributed by atoms with E-state index >= 15 is 0 Å². The number of rotatable bonds is 5. The van der Waals surface area contributed by atoms with E-state index in [2.05, 4.69) is 10.3 Å². The van der Waals surface area contributed by atoms with Gasteiger partial charge >= 0.3 is 0 Å². The molecule has 0 spiro atoms. The van der Waals surface area contributed by atoms with Gasteiger partial charge in [-0.15, -0.1) is 0 Å². The quantitative estimate of drug-likeness (QED) is 0.624. The van der Waals surface area contributed by atoms with Crippen LogP contribution >= 0.6 is 0 Å². The van der Waals surface area contributed by atoms with E-state index in [9.17, 15) is 14.6 Å². The maximum atomic E-state index is 13.9. The van der Waals surface area contributed by atoms with Gasteiger partial charge in [-0.2, -0.15) is 0 Å². The van der Waals surface area contributed by atoms with Crippen LogP contribution in [0.2, 0.25) is 0 Å². The van der Waals surface area contributed by atoms with E-state index in [4.69, 9.17) is 0 Å². The molecule has 0 aliphatic carbocycles. The average Bonchev–Trinajstić information content (AvgIpc) is 2.81. The Morgan fingerprint density at radius 3 is 2.79 bits per heavy atom. The van der Waals surface area contributed by atoms with Gasteiger partial charge in [0.05, 0.1) is 6.04 Å². The molecule has 0 saturated heterocycles. The van der Waals surface area contributed by atoms with Gasteiger partial charge in [0.25, 0.3) is 0 Å². The third-order valence-electron chi connectivity index (χ3n) is 3.46. The summed E-state index contributed by atoms with van der Waals surface area (Å²) in [5.41, 5.74) is 0.710. The van der Waals surface area contributed by atoms with Crippen LogP contribution in [0.4, 0.5) is 4.39 Å². The van der Waals surface area contributed by atoms with Crippen molar-refractivity contribution >= 4 is 10.9 Å². The molecule has 1 atom stereocenters. The molecule has 0 radical (unpaired) electrons. The fraction of sp³-hybridized carbons (Fsp3) is 0.429. The summed E-state index contributed by atoms with van der Waals surface area (Å²) in [4.78, 5) is 2.87. The van der Waals surface area contributed by atoms with Gasteiger partial charge in [-0.05, 0) is 25.6 Å². The molecule has 0 bridgehead atoms. The molecule has 1 unspecified atom stereocenters. The van der Waals surface area contributed by atoms with Crippen molar-refractivity contribution in [3.8, 4) is 0 Å². The fourth-order valence-corrected chi connectivity index (χ4v) is 2.45. The third-order valence-corrected chi connectivity index (χ3v) is 3.46. The minimum atomic E-state index is -2.12. The van der Waals surface area contributed by atoms with Crippen LogP contribution in [0.15, 0.2) is 24.4 Å².